The Hall–Kier alpha value is -1.42. The minimum absolute atomic E-state index is 0.771. The summed E-state index contributed by atoms with van der Waals surface area (Å²) in [6, 6.07) is 4.79. The number of nitrogens with one attached hydrogen (secondary N) is 1. The molecule has 4 heteroatoms. The van der Waals surface area contributed by atoms with Gasteiger partial charge in [-0.25, -0.2) is 9.97 Å². The topological polar surface area (TPSA) is 42.7 Å². The maximum Gasteiger partial charge on any atom is 0.177 e. The van der Waals surface area contributed by atoms with Crippen LogP contribution >= 0.6 is 0 Å². The fraction of sp³-hybridized carbons (Fsp3) is 0.500. The molecule has 0 bridgehead atoms. The minimum atomic E-state index is 0.771. The quantitative estimate of drug-likeness (QED) is 0.836. The number of rotatable bonds is 4. The molecule has 84 valence electrons. The molecular weight excluding hydrogens is 200 g/mol. The molecule has 0 radical (unpaired) electrons. The van der Waals surface area contributed by atoms with Gasteiger partial charge >= 0.3 is 0 Å². The average Bonchev–Trinajstić information content (AvgIpc) is 3.06. The van der Waals surface area contributed by atoms with Gasteiger partial charge in [-0.3, -0.25) is 0 Å². The van der Waals surface area contributed by atoms with Crippen LogP contribution in [0.5, 0.6) is 0 Å². The van der Waals surface area contributed by atoms with E-state index in [0.717, 1.165) is 36.0 Å². The van der Waals surface area contributed by atoms with E-state index in [1.54, 1.807) is 6.20 Å². The fourth-order valence-corrected chi connectivity index (χ4v) is 1.97. The molecule has 0 atom stereocenters. The van der Waals surface area contributed by atoms with Gasteiger partial charge in [-0.15, -0.1) is 0 Å². The van der Waals surface area contributed by atoms with Gasteiger partial charge in [0.2, 0.25) is 0 Å². The van der Waals surface area contributed by atoms with Crippen LogP contribution in [0.15, 0.2) is 18.3 Å². The van der Waals surface area contributed by atoms with E-state index in [0.29, 0.717) is 0 Å². The zero-order chi connectivity index (χ0) is 11.0. The average molecular weight is 216 g/mol. The first-order chi connectivity index (χ1) is 7.84. The van der Waals surface area contributed by atoms with E-state index in [9.17, 15) is 0 Å². The van der Waals surface area contributed by atoms with Crippen molar-refractivity contribution in [2.24, 2.45) is 7.05 Å². The lowest BCUT2D eigenvalue weighted by atomic mass is 10.4. The molecule has 0 aromatic carbocycles. The van der Waals surface area contributed by atoms with Crippen molar-refractivity contribution in [3.05, 3.63) is 24.2 Å². The van der Waals surface area contributed by atoms with Gasteiger partial charge < -0.3 is 9.88 Å². The summed E-state index contributed by atoms with van der Waals surface area (Å²) in [6.45, 7) is 1.02. The highest BCUT2D eigenvalue weighted by Crippen LogP contribution is 2.18. The van der Waals surface area contributed by atoms with E-state index in [1.165, 1.54) is 12.8 Å². The third kappa shape index (κ3) is 1.80. The minimum Gasteiger partial charge on any atom is -0.330 e. The van der Waals surface area contributed by atoms with Crippen molar-refractivity contribution >= 4 is 11.2 Å². The fourth-order valence-electron chi connectivity index (χ4n) is 1.97. The number of fused-ring (bicyclic) bond motifs is 1. The number of nitrogens with zero attached hydrogens (tertiary/aromatic N) is 3. The predicted octanol–water partition coefficient (Wildman–Crippen LogP) is 1.26. The summed E-state index contributed by atoms with van der Waals surface area (Å²) in [5.41, 5.74) is 1.97. The maximum atomic E-state index is 4.54. The molecule has 1 aliphatic rings. The Bertz CT molecular complexity index is 499. The predicted molar refractivity (Wildman–Crippen MR) is 63.2 cm³/mol. The summed E-state index contributed by atoms with van der Waals surface area (Å²) in [5.74, 6) is 1.11. The first-order valence-electron chi connectivity index (χ1n) is 5.84. The standard InChI is InChI=1S/C12H16N4/c1-16-10-3-2-7-14-12(10)15-11(16)6-8-13-9-4-5-9/h2-3,7,9,13H,4-6,8H2,1H3. The molecule has 0 unspecified atom stereocenters. The molecule has 2 aromatic heterocycles. The molecule has 1 fully saturated rings. The number of pyridine rings is 1. The van der Waals surface area contributed by atoms with Crippen LogP contribution in [0.2, 0.25) is 0 Å². The van der Waals surface area contributed by atoms with Crippen LogP contribution in [0.3, 0.4) is 0 Å². The van der Waals surface area contributed by atoms with Gasteiger partial charge in [0.25, 0.3) is 0 Å². The van der Waals surface area contributed by atoms with E-state index in [-0.39, 0.29) is 0 Å². The molecule has 1 aliphatic carbocycles. The zero-order valence-corrected chi connectivity index (χ0v) is 9.48. The second-order valence-electron chi connectivity index (χ2n) is 4.41. The Kier molecular flexibility index (Phi) is 2.36. The molecular formula is C12H16N4. The summed E-state index contributed by atoms with van der Waals surface area (Å²) in [4.78, 5) is 8.81. The van der Waals surface area contributed by atoms with Crippen molar-refractivity contribution in [2.45, 2.75) is 25.3 Å². The molecule has 16 heavy (non-hydrogen) atoms. The van der Waals surface area contributed by atoms with Gasteiger partial charge in [-0.1, -0.05) is 0 Å². The Morgan fingerprint density at radius 2 is 2.38 bits per heavy atom. The van der Waals surface area contributed by atoms with Gasteiger partial charge in [-0.05, 0) is 25.0 Å². The molecule has 4 nitrogen and oxygen atoms in total. The molecule has 1 N–H and O–H groups in total. The molecule has 2 heterocycles. The van der Waals surface area contributed by atoms with E-state index in [1.807, 2.05) is 6.07 Å². The third-order valence-corrected chi connectivity index (χ3v) is 3.11. The highest BCUT2D eigenvalue weighted by molar-refractivity contribution is 5.71. The molecule has 0 amide bonds. The Morgan fingerprint density at radius 1 is 1.50 bits per heavy atom. The van der Waals surface area contributed by atoms with Crippen LogP contribution in [0, 0.1) is 0 Å². The van der Waals surface area contributed by atoms with Gasteiger partial charge in [0, 0.05) is 32.3 Å². The molecule has 0 saturated heterocycles. The Morgan fingerprint density at radius 3 is 3.12 bits per heavy atom. The first-order valence-corrected chi connectivity index (χ1v) is 5.84. The van der Waals surface area contributed by atoms with Gasteiger partial charge in [-0.2, -0.15) is 0 Å². The molecule has 0 spiro atoms. The van der Waals surface area contributed by atoms with Crippen molar-refractivity contribution in [3.8, 4) is 0 Å². The number of aryl methyl sites for hydroxylation is 1. The van der Waals surface area contributed by atoms with Crippen LogP contribution in [0.1, 0.15) is 18.7 Å². The Balaban J connectivity index is 1.77. The second kappa shape index (κ2) is 3.87. The SMILES string of the molecule is Cn1c(CCNC2CC2)nc2ncccc21. The lowest BCUT2D eigenvalue weighted by Crippen LogP contribution is -2.20. The lowest BCUT2D eigenvalue weighted by Gasteiger charge is -2.03. The summed E-state index contributed by atoms with van der Waals surface area (Å²) < 4.78 is 2.14. The lowest BCUT2D eigenvalue weighted by molar-refractivity contribution is 0.654. The second-order valence-corrected chi connectivity index (χ2v) is 4.41. The van der Waals surface area contributed by atoms with Crippen molar-refractivity contribution in [3.63, 3.8) is 0 Å². The smallest absolute Gasteiger partial charge is 0.177 e. The molecule has 2 aromatic rings. The zero-order valence-electron chi connectivity index (χ0n) is 9.48. The van der Waals surface area contributed by atoms with Crippen LogP contribution in [0.4, 0.5) is 0 Å². The van der Waals surface area contributed by atoms with Crippen LogP contribution in [-0.4, -0.2) is 27.1 Å². The number of hydrogen-bond donors (Lipinski definition) is 1. The van der Waals surface area contributed by atoms with Crippen molar-refractivity contribution in [1.82, 2.24) is 19.9 Å². The normalized spacial score (nSPS) is 15.8. The first kappa shape index (κ1) is 9.78. The summed E-state index contributed by atoms with van der Waals surface area (Å²) in [7, 11) is 2.06. The summed E-state index contributed by atoms with van der Waals surface area (Å²) >= 11 is 0. The summed E-state index contributed by atoms with van der Waals surface area (Å²) in [6.07, 6.45) is 5.44. The van der Waals surface area contributed by atoms with Crippen LogP contribution < -0.4 is 5.32 Å². The van der Waals surface area contributed by atoms with E-state index >= 15 is 0 Å². The van der Waals surface area contributed by atoms with Crippen LogP contribution in [0.25, 0.3) is 11.2 Å². The number of aromatic nitrogens is 3. The van der Waals surface area contributed by atoms with Gasteiger partial charge in [0.1, 0.15) is 5.82 Å². The van der Waals surface area contributed by atoms with E-state index < -0.39 is 0 Å². The third-order valence-electron chi connectivity index (χ3n) is 3.11. The van der Waals surface area contributed by atoms with Crippen molar-refractivity contribution in [2.75, 3.05) is 6.54 Å². The summed E-state index contributed by atoms with van der Waals surface area (Å²) in [5, 5.41) is 3.50. The number of imidazole rings is 1. The molecule has 0 aliphatic heterocycles. The van der Waals surface area contributed by atoms with Crippen molar-refractivity contribution < 1.29 is 0 Å². The number of hydrogen-bond acceptors (Lipinski definition) is 3. The molecule has 1 saturated carbocycles. The van der Waals surface area contributed by atoms with Gasteiger partial charge in [0.15, 0.2) is 5.65 Å². The molecule has 3 rings (SSSR count). The van der Waals surface area contributed by atoms with Crippen LogP contribution in [-0.2, 0) is 13.5 Å². The van der Waals surface area contributed by atoms with E-state index in [2.05, 4.69) is 33.0 Å². The largest absolute Gasteiger partial charge is 0.330 e. The highest BCUT2D eigenvalue weighted by Gasteiger charge is 2.20. The maximum absolute atomic E-state index is 4.54. The van der Waals surface area contributed by atoms with E-state index in [4.69, 9.17) is 0 Å². The monoisotopic (exact) mass is 216 g/mol. The Labute approximate surface area is 94.7 Å². The van der Waals surface area contributed by atoms with Crippen molar-refractivity contribution in [1.29, 1.82) is 0 Å². The van der Waals surface area contributed by atoms with Gasteiger partial charge in [0.05, 0.1) is 5.52 Å². The highest BCUT2D eigenvalue weighted by atomic mass is 15.1.